The van der Waals surface area contributed by atoms with Crippen molar-refractivity contribution in [3.63, 3.8) is 0 Å². The van der Waals surface area contributed by atoms with Gasteiger partial charge in [0.2, 0.25) is 0 Å². The predicted molar refractivity (Wildman–Crippen MR) is 47.1 cm³/mol. The molecule has 1 aromatic carbocycles. The van der Waals surface area contributed by atoms with E-state index in [0.717, 1.165) is 11.3 Å². The van der Waals surface area contributed by atoms with Crippen LogP contribution in [-0.2, 0) is 0 Å². The van der Waals surface area contributed by atoms with Crippen LogP contribution in [-0.4, -0.2) is 9.78 Å². The van der Waals surface area contributed by atoms with Crippen LogP contribution in [0.1, 0.15) is 5.56 Å². The second-order valence-electron chi connectivity index (χ2n) is 2.63. The molecule has 0 aliphatic heterocycles. The Morgan fingerprint density at radius 1 is 1.42 bits per heavy atom. The van der Waals surface area contributed by atoms with Crippen LogP contribution in [0.2, 0.25) is 0 Å². The fourth-order valence-electron chi connectivity index (χ4n) is 1.17. The first-order chi connectivity index (χ1) is 5.88. The molecule has 0 N–H and O–H groups in total. The standard InChI is InChI=1S/C10H9N2/c1-9-5-2-3-6-10(9)12-8-4-7-11-12/h2-4,6-8H,1H3. The van der Waals surface area contributed by atoms with Crippen LogP contribution >= 0.6 is 0 Å². The molecular weight excluding hydrogens is 148 g/mol. The number of aromatic nitrogens is 2. The van der Waals surface area contributed by atoms with E-state index in [1.54, 1.807) is 6.20 Å². The number of rotatable bonds is 1. The van der Waals surface area contributed by atoms with Crippen molar-refractivity contribution in [1.82, 2.24) is 9.78 Å². The maximum absolute atomic E-state index is 4.14. The summed E-state index contributed by atoms with van der Waals surface area (Å²) >= 11 is 0. The minimum atomic E-state index is 1.09. The van der Waals surface area contributed by atoms with E-state index < -0.39 is 0 Å². The highest BCUT2D eigenvalue weighted by Gasteiger charge is 1.97. The Morgan fingerprint density at radius 2 is 2.33 bits per heavy atom. The molecule has 0 aliphatic rings. The first-order valence-electron chi connectivity index (χ1n) is 3.85. The second-order valence-corrected chi connectivity index (χ2v) is 2.63. The number of aryl methyl sites for hydroxylation is 1. The van der Waals surface area contributed by atoms with Gasteiger partial charge in [-0.1, -0.05) is 12.1 Å². The van der Waals surface area contributed by atoms with Crippen LogP contribution in [0.25, 0.3) is 5.69 Å². The van der Waals surface area contributed by atoms with E-state index in [1.165, 1.54) is 0 Å². The first-order valence-corrected chi connectivity index (χ1v) is 3.85. The van der Waals surface area contributed by atoms with Gasteiger partial charge >= 0.3 is 0 Å². The van der Waals surface area contributed by atoms with Gasteiger partial charge in [-0.15, -0.1) is 0 Å². The Labute approximate surface area is 71.5 Å². The zero-order valence-electron chi connectivity index (χ0n) is 6.86. The molecule has 59 valence electrons. The fraction of sp³-hybridized carbons (Fsp3) is 0.100. The highest BCUT2D eigenvalue weighted by Crippen LogP contribution is 2.10. The molecule has 0 bridgehead atoms. The third kappa shape index (κ3) is 1.11. The molecule has 0 saturated heterocycles. The van der Waals surface area contributed by atoms with Crippen molar-refractivity contribution >= 4 is 0 Å². The number of nitrogens with zero attached hydrogens (tertiary/aromatic N) is 2. The van der Waals surface area contributed by atoms with Crippen molar-refractivity contribution in [3.05, 3.63) is 48.3 Å². The number of hydrogen-bond donors (Lipinski definition) is 0. The molecule has 2 aromatic rings. The van der Waals surface area contributed by atoms with Crippen LogP contribution in [0.15, 0.2) is 36.7 Å². The predicted octanol–water partition coefficient (Wildman–Crippen LogP) is 1.98. The van der Waals surface area contributed by atoms with E-state index in [4.69, 9.17) is 0 Å². The zero-order valence-corrected chi connectivity index (χ0v) is 6.86. The molecule has 1 radical (unpaired) electrons. The highest BCUT2D eigenvalue weighted by atomic mass is 15.3. The monoisotopic (exact) mass is 157 g/mol. The molecule has 0 spiro atoms. The average Bonchev–Trinajstić information content (AvgIpc) is 2.57. The summed E-state index contributed by atoms with van der Waals surface area (Å²) < 4.78 is 1.84. The normalized spacial score (nSPS) is 10.1. The van der Waals surface area contributed by atoms with Gasteiger partial charge in [0.1, 0.15) is 0 Å². The molecule has 12 heavy (non-hydrogen) atoms. The van der Waals surface area contributed by atoms with E-state index in [0.29, 0.717) is 0 Å². The van der Waals surface area contributed by atoms with Crippen LogP contribution < -0.4 is 0 Å². The van der Waals surface area contributed by atoms with Gasteiger partial charge in [0, 0.05) is 12.4 Å². The minimum absolute atomic E-state index is 1.09. The zero-order chi connectivity index (χ0) is 8.39. The van der Waals surface area contributed by atoms with Gasteiger partial charge in [0.05, 0.1) is 5.69 Å². The van der Waals surface area contributed by atoms with E-state index in [2.05, 4.69) is 11.2 Å². The van der Waals surface area contributed by atoms with Crippen LogP contribution in [0.4, 0.5) is 0 Å². The first kappa shape index (κ1) is 7.10. The lowest BCUT2D eigenvalue weighted by Crippen LogP contribution is -1.96. The second kappa shape index (κ2) is 2.81. The lowest BCUT2D eigenvalue weighted by molar-refractivity contribution is 0.872. The Morgan fingerprint density at radius 3 is 3.00 bits per heavy atom. The molecule has 2 nitrogen and oxygen atoms in total. The summed E-state index contributed by atoms with van der Waals surface area (Å²) in [6.45, 7) is 2.02. The van der Waals surface area contributed by atoms with Crippen molar-refractivity contribution in [2.45, 2.75) is 6.92 Å². The van der Waals surface area contributed by atoms with Crippen molar-refractivity contribution < 1.29 is 0 Å². The van der Waals surface area contributed by atoms with Crippen molar-refractivity contribution in [2.24, 2.45) is 0 Å². The molecule has 2 rings (SSSR count). The summed E-state index contributed by atoms with van der Waals surface area (Å²) in [5.41, 5.74) is 2.20. The van der Waals surface area contributed by atoms with E-state index in [1.807, 2.05) is 42.1 Å². The average molecular weight is 157 g/mol. The lowest BCUT2D eigenvalue weighted by atomic mass is 10.2. The SMILES string of the molecule is Cc1[c]cccc1-n1cccn1. The van der Waals surface area contributed by atoms with Crippen LogP contribution in [0, 0.1) is 13.0 Å². The molecule has 1 aromatic heterocycles. The summed E-state index contributed by atoms with van der Waals surface area (Å²) in [6.07, 6.45) is 3.70. The number of hydrogen-bond acceptors (Lipinski definition) is 1. The van der Waals surface area contributed by atoms with Crippen LogP contribution in [0.3, 0.4) is 0 Å². The summed E-state index contributed by atoms with van der Waals surface area (Å²) in [7, 11) is 0. The van der Waals surface area contributed by atoms with Crippen LogP contribution in [0.5, 0.6) is 0 Å². The largest absolute Gasteiger partial charge is 0.241 e. The van der Waals surface area contributed by atoms with E-state index in [-0.39, 0.29) is 0 Å². The third-order valence-corrected chi connectivity index (χ3v) is 1.79. The molecule has 0 unspecified atom stereocenters. The quantitative estimate of drug-likeness (QED) is 0.619. The molecule has 0 fully saturated rings. The smallest absolute Gasteiger partial charge is 0.0680 e. The van der Waals surface area contributed by atoms with Gasteiger partial charge < -0.3 is 0 Å². The van der Waals surface area contributed by atoms with Crippen molar-refractivity contribution in [2.75, 3.05) is 0 Å². The molecule has 0 amide bonds. The van der Waals surface area contributed by atoms with Gasteiger partial charge in [0.15, 0.2) is 0 Å². The number of benzene rings is 1. The summed E-state index contributed by atoms with van der Waals surface area (Å²) in [5.74, 6) is 0. The topological polar surface area (TPSA) is 17.8 Å². The minimum Gasteiger partial charge on any atom is -0.241 e. The Kier molecular flexibility index (Phi) is 1.67. The van der Waals surface area contributed by atoms with Gasteiger partial charge in [-0.05, 0) is 30.7 Å². The van der Waals surface area contributed by atoms with E-state index >= 15 is 0 Å². The van der Waals surface area contributed by atoms with Crippen molar-refractivity contribution in [1.29, 1.82) is 0 Å². The summed E-state index contributed by atoms with van der Waals surface area (Å²) in [5, 5.41) is 4.14. The van der Waals surface area contributed by atoms with Crippen molar-refractivity contribution in [3.8, 4) is 5.69 Å². The van der Waals surface area contributed by atoms with E-state index in [9.17, 15) is 0 Å². The summed E-state index contributed by atoms with van der Waals surface area (Å²) in [6, 6.07) is 10.9. The Balaban J connectivity index is 2.55. The molecule has 0 saturated carbocycles. The van der Waals surface area contributed by atoms with Gasteiger partial charge in [-0.25, -0.2) is 4.68 Å². The Hall–Kier alpha value is -1.57. The lowest BCUT2D eigenvalue weighted by Gasteiger charge is -2.03. The third-order valence-electron chi connectivity index (χ3n) is 1.79. The molecule has 1 heterocycles. The maximum atomic E-state index is 4.14. The fourth-order valence-corrected chi connectivity index (χ4v) is 1.17. The molecule has 0 aliphatic carbocycles. The Bertz CT molecular complexity index is 363. The molecule has 2 heteroatoms. The highest BCUT2D eigenvalue weighted by molar-refractivity contribution is 5.38. The molecule has 0 atom stereocenters. The summed E-state index contributed by atoms with van der Waals surface area (Å²) in [4.78, 5) is 0. The van der Waals surface area contributed by atoms with Gasteiger partial charge in [-0.3, -0.25) is 0 Å². The molecular formula is C10H9N2. The van der Waals surface area contributed by atoms with Gasteiger partial charge in [0.25, 0.3) is 0 Å². The van der Waals surface area contributed by atoms with Gasteiger partial charge in [-0.2, -0.15) is 5.10 Å². The maximum Gasteiger partial charge on any atom is 0.0680 e.